The van der Waals surface area contributed by atoms with Crippen molar-refractivity contribution in [3.8, 4) is 11.3 Å². The number of amides is 2. The molecule has 1 spiro atoms. The van der Waals surface area contributed by atoms with Crippen LogP contribution in [0, 0.1) is 5.82 Å². The standard InChI is InChI=1S/C27H32FN5O4/c1-17(2)20-12-21(18-6-8-19(28)9-7-18)30-33-13-22(29-23(20)33)24(34)32-11-10-31(14-27(32)15-36-16-27)25(35)37-26(3,4)5/h6-9,12-13,17H,10-11,14-16H2,1-5H3. The van der Waals surface area contributed by atoms with Gasteiger partial charge in [0.1, 0.15) is 22.7 Å². The van der Waals surface area contributed by atoms with Gasteiger partial charge in [0.25, 0.3) is 5.91 Å². The number of halogens is 1. The number of carbonyl (C=O) groups excluding carboxylic acids is 2. The third kappa shape index (κ3) is 4.77. The van der Waals surface area contributed by atoms with Gasteiger partial charge in [-0.25, -0.2) is 18.7 Å². The molecule has 196 valence electrons. The van der Waals surface area contributed by atoms with E-state index < -0.39 is 17.2 Å². The van der Waals surface area contributed by atoms with Crippen LogP contribution < -0.4 is 0 Å². The van der Waals surface area contributed by atoms with Crippen molar-refractivity contribution in [2.45, 2.75) is 51.7 Å². The largest absolute Gasteiger partial charge is 0.444 e. The van der Waals surface area contributed by atoms with Crippen LogP contribution >= 0.6 is 0 Å². The maximum absolute atomic E-state index is 13.7. The summed E-state index contributed by atoms with van der Waals surface area (Å²) in [6.07, 6.45) is 1.25. The molecule has 10 heteroatoms. The number of ether oxygens (including phenoxy) is 2. The molecule has 3 aromatic rings. The van der Waals surface area contributed by atoms with Crippen molar-refractivity contribution in [1.82, 2.24) is 24.4 Å². The first-order valence-electron chi connectivity index (χ1n) is 12.5. The molecule has 0 bridgehead atoms. The van der Waals surface area contributed by atoms with E-state index in [1.165, 1.54) is 12.1 Å². The van der Waals surface area contributed by atoms with Crippen molar-refractivity contribution in [2.75, 3.05) is 32.8 Å². The van der Waals surface area contributed by atoms with Gasteiger partial charge in [-0.3, -0.25) is 4.79 Å². The number of rotatable bonds is 3. The summed E-state index contributed by atoms with van der Waals surface area (Å²) in [5, 5.41) is 4.67. The van der Waals surface area contributed by atoms with Crippen LogP contribution in [0.25, 0.3) is 16.9 Å². The van der Waals surface area contributed by atoms with Crippen LogP contribution in [0.3, 0.4) is 0 Å². The average Bonchev–Trinajstić information content (AvgIpc) is 3.25. The van der Waals surface area contributed by atoms with E-state index in [9.17, 15) is 14.0 Å². The van der Waals surface area contributed by atoms with Crippen LogP contribution in [0.4, 0.5) is 9.18 Å². The molecule has 2 aliphatic heterocycles. The van der Waals surface area contributed by atoms with Gasteiger partial charge in [0, 0.05) is 24.2 Å². The van der Waals surface area contributed by atoms with Crippen molar-refractivity contribution >= 4 is 17.6 Å². The molecule has 0 N–H and O–H groups in total. The first kappa shape index (κ1) is 25.1. The Balaban J connectivity index is 1.45. The smallest absolute Gasteiger partial charge is 0.410 e. The molecular weight excluding hydrogens is 477 g/mol. The highest BCUT2D eigenvalue weighted by Crippen LogP contribution is 2.32. The van der Waals surface area contributed by atoms with Crippen molar-refractivity contribution in [1.29, 1.82) is 0 Å². The zero-order chi connectivity index (χ0) is 26.5. The second-order valence-electron chi connectivity index (χ2n) is 11.1. The summed E-state index contributed by atoms with van der Waals surface area (Å²) in [4.78, 5) is 34.5. The van der Waals surface area contributed by atoms with Gasteiger partial charge >= 0.3 is 6.09 Å². The number of benzene rings is 1. The van der Waals surface area contributed by atoms with Gasteiger partial charge in [-0.05, 0) is 57.0 Å². The van der Waals surface area contributed by atoms with E-state index in [1.54, 1.807) is 32.6 Å². The SMILES string of the molecule is CC(C)c1cc(-c2ccc(F)cc2)nn2cc(C(=O)N3CCN(C(=O)OC(C)(C)C)CC34COC4)nc12. The van der Waals surface area contributed by atoms with E-state index in [1.807, 2.05) is 26.8 Å². The molecule has 2 aromatic heterocycles. The predicted molar refractivity (Wildman–Crippen MR) is 135 cm³/mol. The first-order valence-corrected chi connectivity index (χ1v) is 12.5. The molecule has 0 atom stereocenters. The van der Waals surface area contributed by atoms with E-state index in [0.717, 1.165) is 11.1 Å². The molecule has 1 aromatic carbocycles. The minimum Gasteiger partial charge on any atom is -0.444 e. The second-order valence-corrected chi connectivity index (χ2v) is 11.1. The number of hydrogen-bond donors (Lipinski definition) is 0. The van der Waals surface area contributed by atoms with Gasteiger partial charge < -0.3 is 19.3 Å². The third-order valence-electron chi connectivity index (χ3n) is 6.72. The molecule has 2 aliphatic rings. The number of piperazine rings is 1. The Kier molecular flexibility index (Phi) is 6.18. The highest BCUT2D eigenvalue weighted by atomic mass is 19.1. The number of aromatic nitrogens is 3. The molecule has 2 fully saturated rings. The Morgan fingerprint density at radius 2 is 1.84 bits per heavy atom. The molecule has 0 radical (unpaired) electrons. The van der Waals surface area contributed by atoms with Gasteiger partial charge in [-0.2, -0.15) is 5.10 Å². The average molecular weight is 510 g/mol. The Bertz CT molecular complexity index is 1340. The van der Waals surface area contributed by atoms with Gasteiger partial charge in [0.05, 0.1) is 31.6 Å². The van der Waals surface area contributed by atoms with Crippen LogP contribution in [-0.4, -0.2) is 80.4 Å². The number of nitrogens with zero attached hydrogens (tertiary/aromatic N) is 5. The Hall–Kier alpha value is -3.53. The summed E-state index contributed by atoms with van der Waals surface area (Å²) < 4.78 is 26.1. The van der Waals surface area contributed by atoms with E-state index in [-0.39, 0.29) is 23.3 Å². The van der Waals surface area contributed by atoms with Gasteiger partial charge in [-0.1, -0.05) is 13.8 Å². The monoisotopic (exact) mass is 509 g/mol. The van der Waals surface area contributed by atoms with Gasteiger partial charge in [0.2, 0.25) is 0 Å². The molecular formula is C27H32FN5O4. The normalized spacial score (nSPS) is 17.4. The zero-order valence-electron chi connectivity index (χ0n) is 21.8. The quantitative estimate of drug-likeness (QED) is 0.528. The van der Waals surface area contributed by atoms with E-state index in [4.69, 9.17) is 9.47 Å². The number of carbonyl (C=O) groups is 2. The summed E-state index contributed by atoms with van der Waals surface area (Å²) in [6.45, 7) is 11.3. The first-order chi connectivity index (χ1) is 17.5. The van der Waals surface area contributed by atoms with Crippen LogP contribution in [0.2, 0.25) is 0 Å². The molecule has 0 aliphatic carbocycles. The molecule has 0 unspecified atom stereocenters. The molecule has 9 nitrogen and oxygen atoms in total. The highest BCUT2D eigenvalue weighted by molar-refractivity contribution is 5.94. The van der Waals surface area contributed by atoms with Gasteiger partial charge in [-0.15, -0.1) is 0 Å². The summed E-state index contributed by atoms with van der Waals surface area (Å²) in [6, 6.07) is 8.10. The van der Waals surface area contributed by atoms with Gasteiger partial charge in [0.15, 0.2) is 5.65 Å². The van der Waals surface area contributed by atoms with Crippen molar-refractivity contribution < 1.29 is 23.5 Å². The number of imidazole rings is 1. The molecule has 37 heavy (non-hydrogen) atoms. The zero-order valence-corrected chi connectivity index (χ0v) is 21.8. The fourth-order valence-corrected chi connectivity index (χ4v) is 4.79. The molecule has 0 saturated carbocycles. The minimum absolute atomic E-state index is 0.124. The Morgan fingerprint density at radius 3 is 2.43 bits per heavy atom. The van der Waals surface area contributed by atoms with E-state index in [0.29, 0.717) is 44.2 Å². The van der Waals surface area contributed by atoms with E-state index >= 15 is 0 Å². The minimum atomic E-state index is -0.615. The fraction of sp³-hybridized carbons (Fsp3) is 0.481. The third-order valence-corrected chi connectivity index (χ3v) is 6.72. The molecule has 2 amide bonds. The van der Waals surface area contributed by atoms with Crippen LogP contribution in [-0.2, 0) is 9.47 Å². The number of hydrogen-bond acceptors (Lipinski definition) is 6. The lowest BCUT2D eigenvalue weighted by Crippen LogP contribution is -2.73. The second kappa shape index (κ2) is 9.09. The lowest BCUT2D eigenvalue weighted by molar-refractivity contribution is -0.151. The number of fused-ring (bicyclic) bond motifs is 1. The molecule has 2 saturated heterocycles. The molecule has 4 heterocycles. The van der Waals surface area contributed by atoms with Crippen LogP contribution in [0.15, 0.2) is 36.5 Å². The lowest BCUT2D eigenvalue weighted by Gasteiger charge is -2.54. The van der Waals surface area contributed by atoms with E-state index in [2.05, 4.69) is 23.9 Å². The Labute approximate surface area is 215 Å². The maximum Gasteiger partial charge on any atom is 0.410 e. The fourth-order valence-electron chi connectivity index (χ4n) is 4.79. The predicted octanol–water partition coefficient (Wildman–Crippen LogP) is 4.12. The van der Waals surface area contributed by atoms with Crippen molar-refractivity contribution in [3.05, 3.63) is 53.6 Å². The summed E-state index contributed by atoms with van der Waals surface area (Å²) in [5.41, 5.74) is 2.05. The Morgan fingerprint density at radius 1 is 1.14 bits per heavy atom. The highest BCUT2D eigenvalue weighted by Gasteiger charge is 2.51. The van der Waals surface area contributed by atoms with Crippen molar-refractivity contribution in [3.63, 3.8) is 0 Å². The molecule has 5 rings (SSSR count). The summed E-state index contributed by atoms with van der Waals surface area (Å²) in [7, 11) is 0. The summed E-state index contributed by atoms with van der Waals surface area (Å²) in [5.74, 6) is -0.417. The van der Waals surface area contributed by atoms with Crippen LogP contribution in [0.1, 0.15) is 56.6 Å². The lowest BCUT2D eigenvalue weighted by atomic mass is 9.91. The maximum atomic E-state index is 13.7. The van der Waals surface area contributed by atoms with Crippen molar-refractivity contribution in [2.24, 2.45) is 0 Å². The topological polar surface area (TPSA) is 89.3 Å². The van der Waals surface area contributed by atoms with Crippen LogP contribution in [0.5, 0.6) is 0 Å². The summed E-state index contributed by atoms with van der Waals surface area (Å²) >= 11 is 0.